The van der Waals surface area contributed by atoms with Gasteiger partial charge in [-0.25, -0.2) is 0 Å². The van der Waals surface area contributed by atoms with Crippen molar-refractivity contribution in [1.82, 2.24) is 0 Å². The first-order valence-electron chi connectivity index (χ1n) is 5.25. The number of nitro groups is 1. The predicted octanol–water partition coefficient (Wildman–Crippen LogP) is 2.17. The van der Waals surface area contributed by atoms with Gasteiger partial charge in [0.25, 0.3) is 5.69 Å². The SMILES string of the molecule is CNc1ccc(C(N)=NC(C)C)cc1[N+](=O)[O-].Cl. The number of benzene rings is 1. The van der Waals surface area contributed by atoms with Gasteiger partial charge in [0.15, 0.2) is 0 Å². The molecule has 0 unspecified atom stereocenters. The van der Waals surface area contributed by atoms with E-state index in [-0.39, 0.29) is 24.1 Å². The fraction of sp³-hybridized carbons (Fsp3) is 0.364. The van der Waals surface area contributed by atoms with Crippen LogP contribution in [-0.2, 0) is 0 Å². The van der Waals surface area contributed by atoms with E-state index in [0.717, 1.165) is 0 Å². The third-order valence-corrected chi connectivity index (χ3v) is 2.16. The van der Waals surface area contributed by atoms with E-state index in [0.29, 0.717) is 17.1 Å². The van der Waals surface area contributed by atoms with Crippen LogP contribution in [0.1, 0.15) is 19.4 Å². The van der Waals surface area contributed by atoms with Crippen LogP contribution in [0.2, 0.25) is 0 Å². The van der Waals surface area contributed by atoms with Gasteiger partial charge in [0.1, 0.15) is 11.5 Å². The molecule has 0 heterocycles. The van der Waals surface area contributed by atoms with E-state index < -0.39 is 4.92 Å². The molecule has 0 radical (unpaired) electrons. The molecule has 0 atom stereocenters. The van der Waals surface area contributed by atoms with Crippen molar-refractivity contribution in [2.24, 2.45) is 10.7 Å². The summed E-state index contributed by atoms with van der Waals surface area (Å²) in [7, 11) is 1.63. The van der Waals surface area contributed by atoms with Crippen LogP contribution in [0.3, 0.4) is 0 Å². The van der Waals surface area contributed by atoms with Crippen molar-refractivity contribution < 1.29 is 4.92 Å². The summed E-state index contributed by atoms with van der Waals surface area (Å²) in [4.78, 5) is 14.6. The minimum Gasteiger partial charge on any atom is -0.383 e. The molecule has 7 heteroatoms. The lowest BCUT2D eigenvalue weighted by Gasteiger charge is -2.06. The topological polar surface area (TPSA) is 93.5 Å². The Morgan fingerprint density at radius 3 is 2.56 bits per heavy atom. The highest BCUT2D eigenvalue weighted by molar-refractivity contribution is 5.98. The van der Waals surface area contributed by atoms with E-state index in [4.69, 9.17) is 5.73 Å². The number of nitrogens with one attached hydrogen (secondary N) is 1. The summed E-state index contributed by atoms with van der Waals surface area (Å²) < 4.78 is 0. The van der Waals surface area contributed by atoms with Crippen molar-refractivity contribution in [1.29, 1.82) is 0 Å². The monoisotopic (exact) mass is 272 g/mol. The number of nitro benzene ring substituents is 1. The molecular weight excluding hydrogens is 256 g/mol. The fourth-order valence-corrected chi connectivity index (χ4v) is 1.41. The van der Waals surface area contributed by atoms with E-state index in [1.54, 1.807) is 19.2 Å². The quantitative estimate of drug-likeness (QED) is 0.380. The van der Waals surface area contributed by atoms with Crippen LogP contribution in [0.25, 0.3) is 0 Å². The lowest BCUT2D eigenvalue weighted by molar-refractivity contribution is -0.383. The summed E-state index contributed by atoms with van der Waals surface area (Å²) in [6.45, 7) is 3.78. The highest BCUT2D eigenvalue weighted by atomic mass is 35.5. The molecule has 6 nitrogen and oxygen atoms in total. The van der Waals surface area contributed by atoms with Crippen LogP contribution in [0, 0.1) is 10.1 Å². The molecule has 0 aliphatic carbocycles. The Kier molecular flexibility index (Phi) is 6.12. The van der Waals surface area contributed by atoms with E-state index in [1.165, 1.54) is 6.07 Å². The standard InChI is InChI=1S/C11H16N4O2.ClH/c1-7(2)14-11(12)8-4-5-9(13-3)10(6-8)15(16)17;/h4-7,13H,1-3H3,(H2,12,14);1H. The zero-order chi connectivity index (χ0) is 13.0. The van der Waals surface area contributed by atoms with Gasteiger partial charge in [-0.3, -0.25) is 15.1 Å². The average molecular weight is 273 g/mol. The van der Waals surface area contributed by atoms with E-state index in [2.05, 4.69) is 10.3 Å². The summed E-state index contributed by atoms with van der Waals surface area (Å²) >= 11 is 0. The number of hydrogen-bond donors (Lipinski definition) is 2. The Labute approximate surface area is 112 Å². The van der Waals surface area contributed by atoms with Crippen molar-refractivity contribution in [2.45, 2.75) is 19.9 Å². The Morgan fingerprint density at radius 1 is 1.50 bits per heavy atom. The normalized spacial score (nSPS) is 11.0. The van der Waals surface area contributed by atoms with Crippen molar-refractivity contribution >= 4 is 29.6 Å². The number of nitrogens with two attached hydrogens (primary N) is 1. The maximum absolute atomic E-state index is 10.9. The van der Waals surface area contributed by atoms with E-state index in [9.17, 15) is 10.1 Å². The first kappa shape index (κ1) is 16.2. The molecule has 0 spiro atoms. The highest BCUT2D eigenvalue weighted by Crippen LogP contribution is 2.24. The van der Waals surface area contributed by atoms with Gasteiger partial charge >= 0.3 is 0 Å². The molecule has 100 valence electrons. The Bertz CT molecular complexity index is 460. The Hall–Kier alpha value is -1.82. The second-order valence-electron chi connectivity index (χ2n) is 3.85. The van der Waals surface area contributed by atoms with Gasteiger partial charge in [-0.05, 0) is 26.0 Å². The summed E-state index contributed by atoms with van der Waals surface area (Å²) in [5.74, 6) is 0.311. The van der Waals surface area contributed by atoms with Gasteiger partial charge < -0.3 is 11.1 Å². The maximum atomic E-state index is 10.9. The maximum Gasteiger partial charge on any atom is 0.293 e. The number of hydrogen-bond acceptors (Lipinski definition) is 4. The van der Waals surface area contributed by atoms with Gasteiger partial charge in [-0.2, -0.15) is 0 Å². The molecular formula is C11H17ClN4O2. The molecule has 0 amide bonds. The third kappa shape index (κ3) is 3.89. The van der Waals surface area contributed by atoms with Crippen molar-refractivity contribution in [3.63, 3.8) is 0 Å². The largest absolute Gasteiger partial charge is 0.383 e. The number of halogens is 1. The smallest absolute Gasteiger partial charge is 0.293 e. The molecule has 0 aliphatic heterocycles. The first-order chi connectivity index (χ1) is 7.95. The van der Waals surface area contributed by atoms with Crippen LogP contribution in [-0.4, -0.2) is 23.8 Å². The molecule has 0 bridgehead atoms. The molecule has 3 N–H and O–H groups in total. The summed E-state index contributed by atoms with van der Waals surface area (Å²) in [6.07, 6.45) is 0. The van der Waals surface area contributed by atoms with Gasteiger partial charge in [0.2, 0.25) is 0 Å². The lowest BCUT2D eigenvalue weighted by atomic mass is 10.1. The van der Waals surface area contributed by atoms with Crippen LogP contribution in [0.4, 0.5) is 11.4 Å². The molecule has 18 heavy (non-hydrogen) atoms. The second-order valence-corrected chi connectivity index (χ2v) is 3.85. The third-order valence-electron chi connectivity index (χ3n) is 2.16. The summed E-state index contributed by atoms with van der Waals surface area (Å²) in [5, 5.41) is 13.6. The van der Waals surface area contributed by atoms with Crippen LogP contribution in [0.15, 0.2) is 23.2 Å². The van der Waals surface area contributed by atoms with Crippen LogP contribution >= 0.6 is 12.4 Å². The average Bonchev–Trinajstić information content (AvgIpc) is 2.27. The molecule has 1 aromatic carbocycles. The van der Waals surface area contributed by atoms with Crippen molar-refractivity contribution in [3.05, 3.63) is 33.9 Å². The molecule has 0 aromatic heterocycles. The zero-order valence-electron chi connectivity index (χ0n) is 10.5. The summed E-state index contributed by atoms with van der Waals surface area (Å²) in [5.41, 5.74) is 6.77. The van der Waals surface area contributed by atoms with Gasteiger partial charge in [-0.1, -0.05) is 0 Å². The fourth-order valence-electron chi connectivity index (χ4n) is 1.41. The summed E-state index contributed by atoms with van der Waals surface area (Å²) in [6, 6.07) is 4.81. The van der Waals surface area contributed by atoms with Crippen molar-refractivity contribution in [3.8, 4) is 0 Å². The minimum absolute atomic E-state index is 0. The lowest BCUT2D eigenvalue weighted by Crippen LogP contribution is -2.16. The van der Waals surface area contributed by atoms with E-state index >= 15 is 0 Å². The molecule has 0 saturated heterocycles. The van der Waals surface area contributed by atoms with Crippen molar-refractivity contribution in [2.75, 3.05) is 12.4 Å². The Balaban J connectivity index is 0.00000289. The number of nitrogens with zero attached hydrogens (tertiary/aromatic N) is 2. The predicted molar refractivity (Wildman–Crippen MR) is 75.8 cm³/mol. The molecule has 1 rings (SSSR count). The second kappa shape index (κ2) is 6.80. The zero-order valence-corrected chi connectivity index (χ0v) is 11.3. The highest BCUT2D eigenvalue weighted by Gasteiger charge is 2.14. The van der Waals surface area contributed by atoms with Gasteiger partial charge in [-0.15, -0.1) is 12.4 Å². The molecule has 0 fully saturated rings. The van der Waals surface area contributed by atoms with Crippen LogP contribution < -0.4 is 11.1 Å². The number of aliphatic imine (C=N–C) groups is 1. The minimum atomic E-state index is -0.446. The molecule has 0 saturated carbocycles. The van der Waals surface area contributed by atoms with Gasteiger partial charge in [0, 0.05) is 24.7 Å². The van der Waals surface area contributed by atoms with Crippen LogP contribution in [0.5, 0.6) is 0 Å². The number of rotatable bonds is 4. The first-order valence-corrected chi connectivity index (χ1v) is 5.25. The van der Waals surface area contributed by atoms with E-state index in [1.807, 2.05) is 13.8 Å². The van der Waals surface area contributed by atoms with Gasteiger partial charge in [0.05, 0.1) is 4.92 Å². The number of anilines is 1. The number of amidine groups is 1. The Morgan fingerprint density at radius 2 is 2.11 bits per heavy atom. The molecule has 0 aliphatic rings. The molecule has 1 aromatic rings.